The van der Waals surface area contributed by atoms with Gasteiger partial charge >= 0.3 is 5.97 Å². The van der Waals surface area contributed by atoms with Crippen LogP contribution in [-0.4, -0.2) is 39.9 Å². The van der Waals surface area contributed by atoms with Gasteiger partial charge in [0.2, 0.25) is 5.91 Å². The predicted octanol–water partition coefficient (Wildman–Crippen LogP) is 4.55. The number of esters is 1. The minimum Gasteiger partial charge on any atom is -0.486 e. The maximum absolute atomic E-state index is 13.4. The number of rotatable bonds is 4. The van der Waals surface area contributed by atoms with Crippen LogP contribution in [0.1, 0.15) is 42.2 Å². The summed E-state index contributed by atoms with van der Waals surface area (Å²) >= 11 is 0. The van der Waals surface area contributed by atoms with Gasteiger partial charge < -0.3 is 19.5 Å². The van der Waals surface area contributed by atoms with Gasteiger partial charge in [0.05, 0.1) is 22.8 Å². The molecule has 4 heterocycles. The van der Waals surface area contributed by atoms with E-state index in [0.29, 0.717) is 65.6 Å². The van der Waals surface area contributed by atoms with Gasteiger partial charge in [-0.05, 0) is 68.3 Å². The zero-order valence-electron chi connectivity index (χ0n) is 19.9. The number of nitrogens with zero attached hydrogens (tertiary/aromatic N) is 3. The first-order valence-electron chi connectivity index (χ1n) is 11.9. The number of benzene rings is 2. The first kappa shape index (κ1) is 22.1. The van der Waals surface area contributed by atoms with Crippen LogP contribution in [0.4, 0.5) is 5.69 Å². The van der Waals surface area contributed by atoms with Crippen LogP contribution in [0, 0.1) is 0 Å². The average Bonchev–Trinajstić information content (AvgIpc) is 3.32. The van der Waals surface area contributed by atoms with Crippen LogP contribution in [0.3, 0.4) is 0 Å². The van der Waals surface area contributed by atoms with Crippen LogP contribution in [0.25, 0.3) is 22.3 Å². The normalized spacial score (nSPS) is 14.5. The third-order valence-corrected chi connectivity index (χ3v) is 6.30. The largest absolute Gasteiger partial charge is 0.486 e. The Morgan fingerprint density at radius 3 is 2.72 bits per heavy atom. The summed E-state index contributed by atoms with van der Waals surface area (Å²) in [5, 5.41) is 7.93. The van der Waals surface area contributed by atoms with Gasteiger partial charge in [0.25, 0.3) is 0 Å². The molecule has 0 radical (unpaired) electrons. The summed E-state index contributed by atoms with van der Waals surface area (Å²) in [6.07, 6.45) is 2.65. The molecule has 0 saturated carbocycles. The summed E-state index contributed by atoms with van der Waals surface area (Å²) in [5.74, 6) is 1.21. The lowest BCUT2D eigenvalue weighted by Gasteiger charge is -2.19. The highest BCUT2D eigenvalue weighted by atomic mass is 16.6. The molecule has 0 aliphatic carbocycles. The quantitative estimate of drug-likeness (QED) is 0.335. The molecule has 0 spiro atoms. The molecule has 2 aliphatic heterocycles. The Bertz CT molecular complexity index is 1520. The number of fused-ring (bicyclic) bond motifs is 3. The van der Waals surface area contributed by atoms with Crippen molar-refractivity contribution >= 4 is 28.6 Å². The maximum atomic E-state index is 13.4. The van der Waals surface area contributed by atoms with Crippen molar-refractivity contribution in [3.8, 4) is 28.5 Å². The molecule has 182 valence electrons. The van der Waals surface area contributed by atoms with Gasteiger partial charge in [0.1, 0.15) is 19.0 Å². The van der Waals surface area contributed by atoms with E-state index in [1.165, 1.54) is 0 Å². The monoisotopic (exact) mass is 484 g/mol. The van der Waals surface area contributed by atoms with Crippen LogP contribution in [0.2, 0.25) is 0 Å². The fraction of sp³-hybridized carbons (Fsp3) is 0.259. The second-order valence-corrected chi connectivity index (χ2v) is 9.09. The molecule has 0 bridgehead atoms. The summed E-state index contributed by atoms with van der Waals surface area (Å²) in [7, 11) is 0. The molecule has 2 aromatic heterocycles. The number of nitrogens with one attached hydrogen (secondary N) is 1. The van der Waals surface area contributed by atoms with Crippen LogP contribution in [-0.2, 0) is 11.2 Å². The number of hydrogen-bond donors (Lipinski definition) is 1. The molecule has 9 heteroatoms. The molecule has 2 aliphatic rings. The van der Waals surface area contributed by atoms with Crippen molar-refractivity contribution in [2.24, 2.45) is 0 Å². The lowest BCUT2D eigenvalue weighted by Crippen LogP contribution is -2.19. The van der Waals surface area contributed by atoms with Crippen molar-refractivity contribution < 1.29 is 23.8 Å². The number of aryl methyl sites for hydroxylation is 1. The topological polar surface area (TPSA) is 105 Å². The van der Waals surface area contributed by atoms with E-state index in [0.717, 1.165) is 16.8 Å². The molecule has 4 aromatic rings. The molecule has 9 nitrogen and oxygen atoms in total. The zero-order chi connectivity index (χ0) is 24.8. The number of anilines is 1. The molecule has 2 aromatic carbocycles. The minimum absolute atomic E-state index is 0.0137. The highest BCUT2D eigenvalue weighted by Gasteiger charge is 2.22. The highest BCUT2D eigenvalue weighted by Crippen LogP contribution is 2.36. The Morgan fingerprint density at radius 1 is 1.06 bits per heavy atom. The molecule has 6 rings (SSSR count). The van der Waals surface area contributed by atoms with E-state index >= 15 is 0 Å². The van der Waals surface area contributed by atoms with E-state index in [2.05, 4.69) is 10.4 Å². The third kappa shape index (κ3) is 3.92. The molecule has 0 atom stereocenters. The number of aromatic nitrogens is 3. The standard InChI is InChI=1S/C27H24N4O5/c1-15(2)31-26-20(14-28-31)19(13-22(30-26)17-3-7-23-24(12-17)35-10-9-34-23)27(33)36-18-5-6-21-16(11-18)4-8-25(32)29-21/h3,5-7,11-15H,4,8-10H2,1-2H3,(H,29,32). The number of amides is 1. The fourth-order valence-electron chi connectivity index (χ4n) is 4.50. The minimum atomic E-state index is -0.510. The van der Waals surface area contributed by atoms with E-state index in [1.54, 1.807) is 35.1 Å². The number of carbonyl (C=O) groups is 2. The molecule has 1 N–H and O–H groups in total. The van der Waals surface area contributed by atoms with Crippen LogP contribution < -0.4 is 19.5 Å². The summed E-state index contributed by atoms with van der Waals surface area (Å²) in [6.45, 7) is 5.00. The highest BCUT2D eigenvalue weighted by molar-refractivity contribution is 6.04. The molecule has 36 heavy (non-hydrogen) atoms. The van der Waals surface area contributed by atoms with Gasteiger partial charge in [0, 0.05) is 23.7 Å². The Balaban J connectivity index is 1.40. The second-order valence-electron chi connectivity index (χ2n) is 9.09. The van der Waals surface area contributed by atoms with Crippen LogP contribution in [0.5, 0.6) is 17.2 Å². The summed E-state index contributed by atoms with van der Waals surface area (Å²) in [4.78, 5) is 29.9. The van der Waals surface area contributed by atoms with Crippen LogP contribution >= 0.6 is 0 Å². The number of ether oxygens (including phenoxy) is 3. The van der Waals surface area contributed by atoms with E-state index in [1.807, 2.05) is 32.0 Å². The summed E-state index contributed by atoms with van der Waals surface area (Å²) in [5.41, 5.74) is 4.03. The van der Waals surface area contributed by atoms with Gasteiger partial charge in [-0.15, -0.1) is 0 Å². The van der Waals surface area contributed by atoms with Gasteiger partial charge in [0.15, 0.2) is 17.1 Å². The Hall–Kier alpha value is -4.40. The molecule has 0 unspecified atom stereocenters. The fourth-order valence-corrected chi connectivity index (χ4v) is 4.50. The van der Waals surface area contributed by atoms with Crippen molar-refractivity contribution in [2.75, 3.05) is 18.5 Å². The molecular weight excluding hydrogens is 460 g/mol. The van der Waals surface area contributed by atoms with Crippen LogP contribution in [0.15, 0.2) is 48.7 Å². The van der Waals surface area contributed by atoms with Crippen molar-refractivity contribution in [2.45, 2.75) is 32.7 Å². The molecule has 0 fully saturated rings. The number of hydrogen-bond acceptors (Lipinski definition) is 7. The van der Waals surface area contributed by atoms with Gasteiger partial charge in [-0.1, -0.05) is 0 Å². The summed E-state index contributed by atoms with van der Waals surface area (Å²) < 4.78 is 19.0. The Kier molecular flexibility index (Phi) is 5.32. The lowest BCUT2D eigenvalue weighted by molar-refractivity contribution is -0.116. The molecule has 1 amide bonds. The first-order valence-corrected chi connectivity index (χ1v) is 11.9. The molecule has 0 saturated heterocycles. The number of carbonyl (C=O) groups excluding carboxylic acids is 2. The Morgan fingerprint density at radius 2 is 1.89 bits per heavy atom. The zero-order valence-corrected chi connectivity index (χ0v) is 19.9. The second kappa shape index (κ2) is 8.67. The van der Waals surface area contributed by atoms with Crippen molar-refractivity contribution in [3.63, 3.8) is 0 Å². The van der Waals surface area contributed by atoms with E-state index in [4.69, 9.17) is 19.2 Å². The lowest BCUT2D eigenvalue weighted by atomic mass is 10.0. The Labute approximate surface area is 207 Å². The van der Waals surface area contributed by atoms with E-state index in [9.17, 15) is 9.59 Å². The van der Waals surface area contributed by atoms with E-state index in [-0.39, 0.29) is 11.9 Å². The van der Waals surface area contributed by atoms with Crippen molar-refractivity contribution in [3.05, 3.63) is 59.8 Å². The van der Waals surface area contributed by atoms with Gasteiger partial charge in [-0.3, -0.25) is 4.79 Å². The molecular formula is C27H24N4O5. The van der Waals surface area contributed by atoms with Crippen molar-refractivity contribution in [1.29, 1.82) is 0 Å². The SMILES string of the molecule is CC(C)n1ncc2c(C(=O)Oc3ccc4c(c3)CCC(=O)N4)cc(-c3ccc4c(c3)OCCO4)nc21. The third-order valence-electron chi connectivity index (χ3n) is 6.30. The average molecular weight is 485 g/mol. The smallest absolute Gasteiger partial charge is 0.344 e. The number of pyridine rings is 1. The van der Waals surface area contributed by atoms with Gasteiger partial charge in [-0.25, -0.2) is 14.5 Å². The maximum Gasteiger partial charge on any atom is 0.344 e. The predicted molar refractivity (Wildman–Crippen MR) is 133 cm³/mol. The van der Waals surface area contributed by atoms with E-state index < -0.39 is 5.97 Å². The first-order chi connectivity index (χ1) is 17.5. The summed E-state index contributed by atoms with van der Waals surface area (Å²) in [6, 6.07) is 12.6. The van der Waals surface area contributed by atoms with Crippen molar-refractivity contribution in [1.82, 2.24) is 14.8 Å². The van der Waals surface area contributed by atoms with Gasteiger partial charge in [-0.2, -0.15) is 5.10 Å².